The number of aliphatic hydroxyl groups is 1. The Kier molecular flexibility index (Phi) is 4.83. The van der Waals surface area contributed by atoms with Gasteiger partial charge in [0.2, 0.25) is 5.69 Å². The molecular weight excluding hydrogens is 480 g/mol. The Morgan fingerprint density at radius 3 is 2.63 bits per heavy atom. The molecule has 4 aromatic rings. The first-order valence-electron chi connectivity index (χ1n) is 13.1. The zero-order chi connectivity index (χ0) is 26.3. The Hall–Kier alpha value is -3.78. The Bertz CT molecular complexity index is 1630. The number of aromatic nitrogens is 4. The lowest BCUT2D eigenvalue weighted by Gasteiger charge is -2.74. The second-order valence-electron chi connectivity index (χ2n) is 11.6. The molecule has 1 amide bonds. The van der Waals surface area contributed by atoms with Gasteiger partial charge in [-0.05, 0) is 63.4 Å². The fraction of sp³-hybridized carbons (Fsp3) is 0.429. The van der Waals surface area contributed by atoms with Crippen molar-refractivity contribution in [1.82, 2.24) is 29.6 Å². The molecule has 194 valence electrons. The van der Waals surface area contributed by atoms with E-state index < -0.39 is 5.60 Å². The monoisotopic (exact) mass is 510 g/mol. The van der Waals surface area contributed by atoms with E-state index >= 15 is 0 Å². The normalized spacial score (nSPS) is 25.1. The van der Waals surface area contributed by atoms with Crippen molar-refractivity contribution in [1.29, 1.82) is 0 Å². The number of carbonyl (C=O) groups excluding carboxylic acids is 1. The van der Waals surface area contributed by atoms with Crippen LogP contribution in [0.1, 0.15) is 49.2 Å². The van der Waals surface area contributed by atoms with Crippen LogP contribution in [0.2, 0.25) is 0 Å². The molecule has 3 N–H and O–H groups in total. The predicted molar refractivity (Wildman–Crippen MR) is 143 cm³/mol. The lowest BCUT2D eigenvalue weighted by molar-refractivity contribution is -0.213. The average Bonchev–Trinajstić information content (AvgIpc) is 3.45. The summed E-state index contributed by atoms with van der Waals surface area (Å²) >= 11 is 0. The molecule has 0 unspecified atom stereocenters. The van der Waals surface area contributed by atoms with E-state index in [1.807, 2.05) is 12.1 Å². The SMILES string of the molecule is [C-]#[N+]c1cnn2c(C(=O)Nc3cc4cn(C56CC(N7CCNCC7)(C5)C6)nc4cc3C(C)(C)O)ccc2c1. The third-order valence-electron chi connectivity index (χ3n) is 8.65. The fourth-order valence-corrected chi connectivity index (χ4v) is 6.73. The topological polar surface area (TPSA) is 104 Å². The predicted octanol–water partition coefficient (Wildman–Crippen LogP) is 3.25. The fourth-order valence-electron chi connectivity index (χ4n) is 6.73. The minimum Gasteiger partial charge on any atom is -0.386 e. The number of nitrogens with zero attached hydrogens (tertiary/aromatic N) is 6. The van der Waals surface area contributed by atoms with Gasteiger partial charge in [-0.3, -0.25) is 14.4 Å². The summed E-state index contributed by atoms with van der Waals surface area (Å²) in [4.78, 5) is 19.4. The Morgan fingerprint density at radius 1 is 1.16 bits per heavy atom. The Labute approximate surface area is 220 Å². The number of rotatable bonds is 5. The molecule has 0 spiro atoms. The number of carbonyl (C=O) groups is 1. The first kappa shape index (κ1) is 23.3. The minimum absolute atomic E-state index is 0.0723. The van der Waals surface area contributed by atoms with Gasteiger partial charge in [0.15, 0.2) is 0 Å². The van der Waals surface area contributed by atoms with E-state index in [0.717, 1.165) is 56.3 Å². The van der Waals surface area contributed by atoms with Crippen molar-refractivity contribution in [2.24, 2.45) is 0 Å². The minimum atomic E-state index is -1.19. The van der Waals surface area contributed by atoms with Gasteiger partial charge in [0.05, 0.1) is 34.9 Å². The van der Waals surface area contributed by atoms with Crippen molar-refractivity contribution in [2.75, 3.05) is 31.5 Å². The van der Waals surface area contributed by atoms with Crippen molar-refractivity contribution in [3.8, 4) is 0 Å². The van der Waals surface area contributed by atoms with Crippen molar-refractivity contribution < 1.29 is 9.90 Å². The summed E-state index contributed by atoms with van der Waals surface area (Å²) in [5.74, 6) is -0.345. The molecule has 3 saturated carbocycles. The van der Waals surface area contributed by atoms with Crippen LogP contribution in [0.4, 0.5) is 11.4 Å². The summed E-state index contributed by atoms with van der Waals surface area (Å²) in [6.07, 6.45) is 6.90. The molecule has 8 rings (SSSR count). The highest BCUT2D eigenvalue weighted by atomic mass is 16.3. The van der Waals surface area contributed by atoms with Crippen molar-refractivity contribution in [2.45, 2.75) is 49.8 Å². The van der Waals surface area contributed by atoms with Crippen LogP contribution in [0.15, 0.2) is 42.7 Å². The van der Waals surface area contributed by atoms with E-state index in [1.165, 1.54) is 10.7 Å². The summed E-state index contributed by atoms with van der Waals surface area (Å²) < 4.78 is 3.64. The molecule has 1 aliphatic heterocycles. The number of amides is 1. The second kappa shape index (κ2) is 7.86. The van der Waals surface area contributed by atoms with E-state index in [9.17, 15) is 9.90 Å². The number of hydrogen-bond acceptors (Lipinski definition) is 6. The molecule has 0 radical (unpaired) electrons. The molecule has 4 fully saturated rings. The first-order chi connectivity index (χ1) is 18.2. The molecule has 4 aliphatic rings. The van der Waals surface area contributed by atoms with Gasteiger partial charge in [0.25, 0.3) is 5.91 Å². The van der Waals surface area contributed by atoms with Crippen LogP contribution >= 0.6 is 0 Å². The van der Waals surface area contributed by atoms with E-state index in [0.29, 0.717) is 33.7 Å². The maximum absolute atomic E-state index is 13.3. The summed E-state index contributed by atoms with van der Waals surface area (Å²) in [6, 6.07) is 8.93. The molecule has 10 heteroatoms. The van der Waals surface area contributed by atoms with Crippen LogP contribution < -0.4 is 10.6 Å². The maximum Gasteiger partial charge on any atom is 0.274 e. The molecule has 0 atom stereocenters. The summed E-state index contributed by atoms with van der Waals surface area (Å²) in [6.45, 7) is 14.9. The zero-order valence-electron chi connectivity index (χ0n) is 21.5. The summed E-state index contributed by atoms with van der Waals surface area (Å²) in [5, 5.41) is 27.5. The highest BCUT2D eigenvalue weighted by Gasteiger charge is 2.71. The van der Waals surface area contributed by atoms with E-state index in [-0.39, 0.29) is 11.4 Å². The van der Waals surface area contributed by atoms with Crippen molar-refractivity contribution >= 4 is 33.7 Å². The van der Waals surface area contributed by atoms with Crippen LogP contribution in [0.5, 0.6) is 0 Å². The largest absolute Gasteiger partial charge is 0.386 e. The number of nitrogens with one attached hydrogen (secondary N) is 2. The third kappa shape index (κ3) is 3.39. The van der Waals surface area contributed by atoms with E-state index in [4.69, 9.17) is 11.7 Å². The molecule has 2 bridgehead atoms. The molecule has 38 heavy (non-hydrogen) atoms. The highest BCUT2D eigenvalue weighted by molar-refractivity contribution is 6.05. The van der Waals surface area contributed by atoms with Gasteiger partial charge < -0.3 is 15.7 Å². The van der Waals surface area contributed by atoms with Gasteiger partial charge in [-0.1, -0.05) is 0 Å². The lowest BCUT2D eigenvalue weighted by Crippen LogP contribution is -2.80. The highest BCUT2D eigenvalue weighted by Crippen LogP contribution is 2.67. The summed E-state index contributed by atoms with van der Waals surface area (Å²) in [7, 11) is 0. The number of anilines is 1. The van der Waals surface area contributed by atoms with Crippen molar-refractivity contribution in [3.05, 3.63) is 65.4 Å². The Balaban J connectivity index is 1.19. The Morgan fingerprint density at radius 2 is 1.92 bits per heavy atom. The van der Waals surface area contributed by atoms with Gasteiger partial charge in [-0.2, -0.15) is 10.2 Å². The van der Waals surface area contributed by atoms with Gasteiger partial charge >= 0.3 is 0 Å². The molecular formula is C28H30N8O2. The average molecular weight is 511 g/mol. The number of hydrogen-bond donors (Lipinski definition) is 3. The molecule has 1 aromatic carbocycles. The molecule has 10 nitrogen and oxygen atoms in total. The van der Waals surface area contributed by atoms with Crippen LogP contribution in [0.3, 0.4) is 0 Å². The van der Waals surface area contributed by atoms with E-state index in [2.05, 4.69) is 36.4 Å². The second-order valence-corrected chi connectivity index (χ2v) is 11.6. The maximum atomic E-state index is 13.3. The van der Waals surface area contributed by atoms with Gasteiger partial charge in [-0.25, -0.2) is 9.36 Å². The van der Waals surface area contributed by atoms with Gasteiger partial charge in [0.1, 0.15) is 5.69 Å². The molecule has 1 saturated heterocycles. The van der Waals surface area contributed by atoms with Crippen LogP contribution in [-0.2, 0) is 11.1 Å². The van der Waals surface area contributed by atoms with Crippen molar-refractivity contribution in [3.63, 3.8) is 0 Å². The van der Waals surface area contributed by atoms with E-state index in [1.54, 1.807) is 32.0 Å². The lowest BCUT2D eigenvalue weighted by atomic mass is 9.43. The third-order valence-corrected chi connectivity index (χ3v) is 8.65. The first-order valence-corrected chi connectivity index (χ1v) is 13.1. The summed E-state index contributed by atoms with van der Waals surface area (Å²) in [5.41, 5.74) is 2.60. The molecule has 3 aromatic heterocycles. The van der Waals surface area contributed by atoms with Gasteiger partial charge in [-0.15, -0.1) is 0 Å². The zero-order valence-corrected chi connectivity index (χ0v) is 21.5. The number of fused-ring (bicyclic) bond motifs is 2. The van der Waals surface area contributed by atoms with Crippen LogP contribution in [0.25, 0.3) is 21.3 Å². The molecule has 4 heterocycles. The smallest absolute Gasteiger partial charge is 0.274 e. The van der Waals surface area contributed by atoms with Crippen LogP contribution in [-0.4, -0.2) is 67.0 Å². The van der Waals surface area contributed by atoms with Gasteiger partial charge in [0, 0.05) is 54.6 Å². The molecule has 3 aliphatic carbocycles. The number of piperazine rings is 1. The van der Waals surface area contributed by atoms with Crippen LogP contribution in [0, 0.1) is 6.57 Å². The standard InChI is InChI=1S/C28H30N8O2/c1-26(2,38)21-12-22-18(14-35(33-22)28-15-27(16-28,17-28)34-8-6-30-7-9-34)10-23(21)32-25(37)24-5-4-20-11-19(29-3)13-31-36(20)24/h4-5,10-14,30,38H,6-9,15-17H2,1-2H3,(H,32,37). The quantitative estimate of drug-likeness (QED) is 0.356. The number of benzene rings is 1.